The third-order valence-corrected chi connectivity index (χ3v) is 2.97. The molecule has 0 radical (unpaired) electrons. The van der Waals surface area contributed by atoms with Crippen LogP contribution in [0.5, 0.6) is 0 Å². The molecule has 0 aliphatic carbocycles. The largest absolute Gasteiger partial charge is 0.377 e. The number of likely N-dealkylation sites (tertiary alicyclic amines) is 1. The van der Waals surface area contributed by atoms with E-state index >= 15 is 0 Å². The van der Waals surface area contributed by atoms with Gasteiger partial charge in [0, 0.05) is 25.2 Å². The summed E-state index contributed by atoms with van der Waals surface area (Å²) in [6, 6.07) is 6.63. The molecule has 2 rings (SSSR count). The molecule has 1 heterocycles. The van der Waals surface area contributed by atoms with Gasteiger partial charge in [0.25, 0.3) is 5.69 Å². The van der Waals surface area contributed by atoms with Crippen molar-refractivity contribution in [3.8, 4) is 0 Å². The fourth-order valence-electron chi connectivity index (χ4n) is 1.97. The van der Waals surface area contributed by atoms with Gasteiger partial charge < -0.3 is 4.90 Å². The molecule has 0 N–H and O–H groups in total. The number of hydrogen-bond donors (Lipinski definition) is 0. The van der Waals surface area contributed by atoms with Gasteiger partial charge in [0.15, 0.2) is 0 Å². The second-order valence-electron chi connectivity index (χ2n) is 4.26. The second-order valence-corrected chi connectivity index (χ2v) is 4.26. The normalized spacial score (nSPS) is 16.4. The molecule has 1 aliphatic heterocycles. The fraction of sp³-hybridized carbons (Fsp3) is 0.385. The van der Waals surface area contributed by atoms with Gasteiger partial charge in [-0.2, -0.15) is 0 Å². The van der Waals surface area contributed by atoms with Gasteiger partial charge in [0.05, 0.1) is 4.92 Å². The maximum atomic E-state index is 10.5. The fourth-order valence-corrected chi connectivity index (χ4v) is 1.97. The van der Waals surface area contributed by atoms with Crippen molar-refractivity contribution in [3.63, 3.8) is 0 Å². The highest BCUT2D eigenvalue weighted by molar-refractivity contribution is 5.51. The van der Waals surface area contributed by atoms with Crippen molar-refractivity contribution < 1.29 is 4.92 Å². The van der Waals surface area contributed by atoms with E-state index in [1.165, 1.54) is 31.4 Å². The van der Waals surface area contributed by atoms with Crippen molar-refractivity contribution in [1.82, 2.24) is 4.90 Å². The Balaban J connectivity index is 1.98. The molecule has 0 aromatic heterocycles. The number of piperidine rings is 1. The van der Waals surface area contributed by atoms with E-state index in [2.05, 4.69) is 11.1 Å². The van der Waals surface area contributed by atoms with Gasteiger partial charge in [-0.1, -0.05) is 0 Å². The Hall–Kier alpha value is -1.84. The Labute approximate surface area is 101 Å². The van der Waals surface area contributed by atoms with Crippen LogP contribution in [0.1, 0.15) is 24.8 Å². The summed E-state index contributed by atoms with van der Waals surface area (Å²) in [4.78, 5) is 12.4. The van der Waals surface area contributed by atoms with E-state index < -0.39 is 0 Å². The van der Waals surface area contributed by atoms with Crippen LogP contribution in [0.15, 0.2) is 30.5 Å². The van der Waals surface area contributed by atoms with Crippen molar-refractivity contribution in [3.05, 3.63) is 46.1 Å². The lowest BCUT2D eigenvalue weighted by Crippen LogP contribution is -2.23. The lowest BCUT2D eigenvalue weighted by molar-refractivity contribution is -0.384. The summed E-state index contributed by atoms with van der Waals surface area (Å²) < 4.78 is 0. The maximum Gasteiger partial charge on any atom is 0.269 e. The number of hydrogen-bond acceptors (Lipinski definition) is 3. The SMILES string of the molecule is O=[N+]([O-])c1ccc(/C=C/N2CCCCC2)cc1. The lowest BCUT2D eigenvalue weighted by atomic mass is 10.1. The van der Waals surface area contributed by atoms with Gasteiger partial charge in [-0.15, -0.1) is 0 Å². The monoisotopic (exact) mass is 232 g/mol. The predicted octanol–water partition coefficient (Wildman–Crippen LogP) is 3.05. The Morgan fingerprint density at radius 2 is 1.76 bits per heavy atom. The smallest absolute Gasteiger partial charge is 0.269 e. The minimum absolute atomic E-state index is 0.139. The first-order valence-corrected chi connectivity index (χ1v) is 5.92. The zero-order valence-electron chi connectivity index (χ0n) is 9.71. The third-order valence-electron chi connectivity index (χ3n) is 2.97. The van der Waals surface area contributed by atoms with E-state index in [-0.39, 0.29) is 10.6 Å². The molecule has 1 aliphatic rings. The molecule has 90 valence electrons. The zero-order valence-corrected chi connectivity index (χ0v) is 9.71. The molecule has 1 aromatic rings. The zero-order chi connectivity index (χ0) is 12.1. The van der Waals surface area contributed by atoms with Crippen LogP contribution in [-0.2, 0) is 0 Å². The Morgan fingerprint density at radius 1 is 1.12 bits per heavy atom. The van der Waals surface area contributed by atoms with Crippen LogP contribution in [0.25, 0.3) is 6.08 Å². The van der Waals surface area contributed by atoms with Crippen LogP contribution in [0.2, 0.25) is 0 Å². The van der Waals surface area contributed by atoms with E-state index in [1.54, 1.807) is 12.1 Å². The highest BCUT2D eigenvalue weighted by Crippen LogP contribution is 2.14. The molecule has 0 amide bonds. The van der Waals surface area contributed by atoms with Crippen molar-refractivity contribution in [2.24, 2.45) is 0 Å². The molecule has 0 spiro atoms. The van der Waals surface area contributed by atoms with Crippen LogP contribution in [0, 0.1) is 10.1 Å². The summed E-state index contributed by atoms with van der Waals surface area (Å²) in [5.74, 6) is 0. The number of nitro benzene ring substituents is 1. The minimum Gasteiger partial charge on any atom is -0.377 e. The van der Waals surface area contributed by atoms with Crippen molar-refractivity contribution in [1.29, 1.82) is 0 Å². The first kappa shape index (κ1) is 11.6. The summed E-state index contributed by atoms with van der Waals surface area (Å²) in [5, 5.41) is 10.5. The molecule has 4 heteroatoms. The van der Waals surface area contributed by atoms with Crippen molar-refractivity contribution >= 4 is 11.8 Å². The summed E-state index contributed by atoms with van der Waals surface area (Å²) in [6.45, 7) is 2.23. The number of non-ortho nitro benzene ring substituents is 1. The molecule has 0 atom stereocenters. The highest BCUT2D eigenvalue weighted by atomic mass is 16.6. The van der Waals surface area contributed by atoms with E-state index in [0.29, 0.717) is 0 Å². The summed E-state index contributed by atoms with van der Waals surface area (Å²) >= 11 is 0. The highest BCUT2D eigenvalue weighted by Gasteiger charge is 2.05. The van der Waals surface area contributed by atoms with Crippen molar-refractivity contribution in [2.45, 2.75) is 19.3 Å². The maximum absolute atomic E-state index is 10.5. The Morgan fingerprint density at radius 3 is 2.35 bits per heavy atom. The van der Waals surface area contributed by atoms with Gasteiger partial charge in [-0.3, -0.25) is 10.1 Å². The Bertz CT molecular complexity index is 406. The molecule has 17 heavy (non-hydrogen) atoms. The van der Waals surface area contributed by atoms with E-state index in [0.717, 1.165) is 18.7 Å². The van der Waals surface area contributed by atoms with Gasteiger partial charge in [-0.25, -0.2) is 0 Å². The van der Waals surface area contributed by atoms with Gasteiger partial charge in [-0.05, 0) is 49.2 Å². The average molecular weight is 232 g/mol. The topological polar surface area (TPSA) is 46.4 Å². The van der Waals surface area contributed by atoms with Gasteiger partial charge in [0.1, 0.15) is 0 Å². The van der Waals surface area contributed by atoms with E-state index in [1.807, 2.05) is 6.08 Å². The van der Waals surface area contributed by atoms with Gasteiger partial charge >= 0.3 is 0 Å². The van der Waals surface area contributed by atoms with E-state index in [4.69, 9.17) is 0 Å². The van der Waals surface area contributed by atoms with Crippen LogP contribution in [0.3, 0.4) is 0 Å². The Kier molecular flexibility index (Phi) is 3.75. The first-order valence-electron chi connectivity index (χ1n) is 5.92. The molecule has 1 saturated heterocycles. The molecule has 4 nitrogen and oxygen atoms in total. The lowest BCUT2D eigenvalue weighted by Gasteiger charge is -2.24. The number of nitro groups is 1. The van der Waals surface area contributed by atoms with Crippen LogP contribution in [0.4, 0.5) is 5.69 Å². The molecule has 0 unspecified atom stereocenters. The minimum atomic E-state index is -0.377. The molecule has 0 saturated carbocycles. The van der Waals surface area contributed by atoms with Gasteiger partial charge in [0.2, 0.25) is 0 Å². The third kappa shape index (κ3) is 3.31. The predicted molar refractivity (Wildman–Crippen MR) is 67.6 cm³/mol. The standard InChI is InChI=1S/C13H16N2O2/c16-15(17)13-6-4-12(5-7-13)8-11-14-9-2-1-3-10-14/h4-8,11H,1-3,9-10H2/b11-8+. The van der Waals surface area contributed by atoms with Crippen LogP contribution < -0.4 is 0 Å². The quantitative estimate of drug-likeness (QED) is 0.594. The van der Waals surface area contributed by atoms with Crippen LogP contribution >= 0.6 is 0 Å². The number of benzene rings is 1. The molecule has 0 bridgehead atoms. The van der Waals surface area contributed by atoms with E-state index in [9.17, 15) is 10.1 Å². The second kappa shape index (κ2) is 5.48. The summed E-state index contributed by atoms with van der Waals surface area (Å²) in [7, 11) is 0. The van der Waals surface area contributed by atoms with Crippen LogP contribution in [-0.4, -0.2) is 22.9 Å². The molecular weight excluding hydrogens is 216 g/mol. The number of rotatable bonds is 3. The first-order chi connectivity index (χ1) is 8.25. The van der Waals surface area contributed by atoms with Crippen molar-refractivity contribution in [2.75, 3.05) is 13.1 Å². The molecule has 1 aromatic carbocycles. The summed E-state index contributed by atoms with van der Waals surface area (Å²) in [6.07, 6.45) is 7.92. The summed E-state index contributed by atoms with van der Waals surface area (Å²) in [5.41, 5.74) is 1.14. The average Bonchev–Trinajstić information content (AvgIpc) is 2.38. The number of nitrogens with zero attached hydrogens (tertiary/aromatic N) is 2. The molecular formula is C13H16N2O2. The molecule has 1 fully saturated rings.